The van der Waals surface area contributed by atoms with Crippen LogP contribution in [0.2, 0.25) is 5.02 Å². The van der Waals surface area contributed by atoms with Gasteiger partial charge in [0.2, 0.25) is 5.91 Å². The van der Waals surface area contributed by atoms with E-state index >= 15 is 0 Å². The van der Waals surface area contributed by atoms with Crippen LogP contribution in [0.15, 0.2) is 29.4 Å². The molecule has 0 aliphatic rings. The molecular weight excluding hydrogens is 378 g/mol. The van der Waals surface area contributed by atoms with Gasteiger partial charge in [0.05, 0.1) is 10.3 Å². The van der Waals surface area contributed by atoms with E-state index in [4.69, 9.17) is 22.1 Å². The summed E-state index contributed by atoms with van der Waals surface area (Å²) < 4.78 is 7.40. The number of aromatic nitrogens is 3. The van der Waals surface area contributed by atoms with E-state index in [0.29, 0.717) is 21.8 Å². The molecule has 0 aliphatic carbocycles. The van der Waals surface area contributed by atoms with Crippen LogP contribution in [0.25, 0.3) is 0 Å². The third kappa shape index (κ3) is 5.12. The molecule has 0 saturated heterocycles. The first-order valence-corrected chi connectivity index (χ1v) is 9.08. The van der Waals surface area contributed by atoms with Gasteiger partial charge in [0.1, 0.15) is 12.4 Å². The van der Waals surface area contributed by atoms with E-state index in [1.54, 1.807) is 23.7 Å². The normalized spacial score (nSPS) is 12.0. The molecule has 1 unspecified atom stereocenters. The molecule has 10 heteroatoms. The SMILES string of the molecule is CC(C)C(Sc1nnc(COc2ccccc2Cl)n1C)C(=O)NC(N)=O. The lowest BCUT2D eigenvalue weighted by Crippen LogP contribution is -2.42. The fourth-order valence-corrected chi connectivity index (χ4v) is 3.28. The van der Waals surface area contributed by atoms with E-state index in [1.165, 1.54) is 11.8 Å². The highest BCUT2D eigenvalue weighted by Gasteiger charge is 2.27. The molecule has 0 spiro atoms. The third-order valence-electron chi connectivity index (χ3n) is 3.46. The van der Waals surface area contributed by atoms with Crippen molar-refractivity contribution >= 4 is 35.3 Å². The highest BCUT2D eigenvalue weighted by Crippen LogP contribution is 2.28. The number of ether oxygens (including phenoxy) is 1. The second-order valence-corrected chi connectivity index (χ2v) is 7.33. The molecular formula is C16H20ClN5O3S. The van der Waals surface area contributed by atoms with Gasteiger partial charge in [-0.1, -0.05) is 49.3 Å². The molecule has 2 aromatic rings. The number of carbonyl (C=O) groups excluding carboxylic acids is 2. The zero-order valence-corrected chi connectivity index (χ0v) is 16.2. The molecule has 2 rings (SSSR count). The molecule has 0 radical (unpaired) electrons. The Bertz CT molecular complexity index is 796. The van der Waals surface area contributed by atoms with Gasteiger partial charge in [0.15, 0.2) is 11.0 Å². The number of hydrogen-bond acceptors (Lipinski definition) is 6. The van der Waals surface area contributed by atoms with Gasteiger partial charge in [-0.25, -0.2) is 4.79 Å². The van der Waals surface area contributed by atoms with Gasteiger partial charge < -0.3 is 15.0 Å². The number of urea groups is 1. The van der Waals surface area contributed by atoms with Crippen molar-refractivity contribution in [2.24, 2.45) is 18.7 Å². The predicted octanol–water partition coefficient (Wildman–Crippen LogP) is 2.36. The summed E-state index contributed by atoms with van der Waals surface area (Å²) in [6, 6.07) is 6.25. The summed E-state index contributed by atoms with van der Waals surface area (Å²) >= 11 is 7.27. The number of nitrogens with two attached hydrogens (primary N) is 1. The van der Waals surface area contributed by atoms with Crippen molar-refractivity contribution in [1.29, 1.82) is 0 Å². The maximum Gasteiger partial charge on any atom is 0.318 e. The van der Waals surface area contributed by atoms with Crippen molar-refractivity contribution in [3.63, 3.8) is 0 Å². The average molecular weight is 398 g/mol. The Kier molecular flexibility index (Phi) is 6.87. The zero-order valence-electron chi connectivity index (χ0n) is 14.6. The highest BCUT2D eigenvalue weighted by molar-refractivity contribution is 8.00. The van der Waals surface area contributed by atoms with E-state index in [2.05, 4.69) is 15.5 Å². The molecule has 3 amide bonds. The number of imide groups is 1. The monoisotopic (exact) mass is 397 g/mol. The fraction of sp³-hybridized carbons (Fsp3) is 0.375. The lowest BCUT2D eigenvalue weighted by molar-refractivity contribution is -0.120. The summed E-state index contributed by atoms with van der Waals surface area (Å²) in [7, 11) is 1.77. The van der Waals surface area contributed by atoms with Crippen molar-refractivity contribution in [2.45, 2.75) is 30.9 Å². The largest absolute Gasteiger partial charge is 0.484 e. The number of para-hydroxylation sites is 1. The van der Waals surface area contributed by atoms with Crippen molar-refractivity contribution in [3.05, 3.63) is 35.1 Å². The Hall–Kier alpha value is -2.26. The summed E-state index contributed by atoms with van der Waals surface area (Å²) in [4.78, 5) is 23.1. The van der Waals surface area contributed by atoms with E-state index < -0.39 is 17.2 Å². The molecule has 0 aliphatic heterocycles. The van der Waals surface area contributed by atoms with Crippen LogP contribution < -0.4 is 15.8 Å². The summed E-state index contributed by atoms with van der Waals surface area (Å²) in [6.45, 7) is 3.92. The summed E-state index contributed by atoms with van der Waals surface area (Å²) in [5.74, 6) is 0.616. The molecule has 0 bridgehead atoms. The first-order chi connectivity index (χ1) is 12.3. The van der Waals surface area contributed by atoms with Crippen LogP contribution >= 0.6 is 23.4 Å². The number of nitrogens with zero attached hydrogens (tertiary/aromatic N) is 3. The highest BCUT2D eigenvalue weighted by atomic mass is 35.5. The molecule has 0 saturated carbocycles. The van der Waals surface area contributed by atoms with Gasteiger partial charge in [0, 0.05) is 7.05 Å². The quantitative estimate of drug-likeness (QED) is 0.693. The van der Waals surface area contributed by atoms with E-state index in [1.807, 2.05) is 26.0 Å². The van der Waals surface area contributed by atoms with Crippen LogP contribution in [0.4, 0.5) is 4.79 Å². The summed E-state index contributed by atoms with van der Waals surface area (Å²) in [5, 5.41) is 10.8. The number of thioether (sulfide) groups is 1. The molecule has 0 fully saturated rings. The van der Waals surface area contributed by atoms with Crippen molar-refractivity contribution < 1.29 is 14.3 Å². The number of benzene rings is 1. The Morgan fingerprint density at radius 2 is 2.04 bits per heavy atom. The summed E-state index contributed by atoms with van der Waals surface area (Å²) in [5.41, 5.74) is 5.03. The Morgan fingerprint density at radius 1 is 1.35 bits per heavy atom. The minimum atomic E-state index is -0.881. The van der Waals surface area contributed by atoms with Crippen LogP contribution in [0.1, 0.15) is 19.7 Å². The van der Waals surface area contributed by atoms with Gasteiger partial charge in [-0.05, 0) is 18.1 Å². The maximum atomic E-state index is 12.1. The first kappa shape index (κ1) is 20.1. The molecule has 1 atom stereocenters. The number of hydrogen-bond donors (Lipinski definition) is 2. The fourth-order valence-electron chi connectivity index (χ4n) is 2.08. The molecule has 8 nitrogen and oxygen atoms in total. The average Bonchev–Trinajstić information content (AvgIpc) is 2.91. The number of carbonyl (C=O) groups is 2. The van der Waals surface area contributed by atoms with E-state index in [0.717, 1.165) is 0 Å². The Balaban J connectivity index is 2.08. The Labute approximate surface area is 160 Å². The first-order valence-electron chi connectivity index (χ1n) is 7.82. The molecule has 140 valence electrons. The minimum absolute atomic E-state index is 0.0427. The van der Waals surface area contributed by atoms with Crippen LogP contribution in [-0.4, -0.2) is 32.0 Å². The lowest BCUT2D eigenvalue weighted by atomic mass is 10.1. The van der Waals surface area contributed by atoms with E-state index in [9.17, 15) is 9.59 Å². The van der Waals surface area contributed by atoms with Gasteiger partial charge in [-0.15, -0.1) is 10.2 Å². The number of amides is 3. The zero-order chi connectivity index (χ0) is 19.3. The van der Waals surface area contributed by atoms with Crippen LogP contribution in [0.3, 0.4) is 0 Å². The summed E-state index contributed by atoms with van der Waals surface area (Å²) in [6.07, 6.45) is 0. The van der Waals surface area contributed by atoms with Crippen molar-refractivity contribution in [3.8, 4) is 5.75 Å². The molecule has 1 aromatic carbocycles. The van der Waals surface area contributed by atoms with Crippen LogP contribution in [-0.2, 0) is 18.4 Å². The smallest absolute Gasteiger partial charge is 0.318 e. The number of rotatable bonds is 7. The van der Waals surface area contributed by atoms with Gasteiger partial charge in [0.25, 0.3) is 0 Å². The lowest BCUT2D eigenvalue weighted by Gasteiger charge is -2.18. The topological polar surface area (TPSA) is 112 Å². The van der Waals surface area contributed by atoms with Crippen molar-refractivity contribution in [1.82, 2.24) is 20.1 Å². The maximum absolute atomic E-state index is 12.1. The molecule has 1 heterocycles. The number of halogens is 1. The third-order valence-corrected chi connectivity index (χ3v) is 5.35. The molecule has 3 N–H and O–H groups in total. The van der Waals surface area contributed by atoms with Gasteiger partial charge in [-0.2, -0.15) is 0 Å². The predicted molar refractivity (Wildman–Crippen MR) is 99.0 cm³/mol. The number of nitrogens with one attached hydrogen (secondary N) is 1. The Morgan fingerprint density at radius 3 is 2.65 bits per heavy atom. The second-order valence-electron chi connectivity index (χ2n) is 5.81. The van der Waals surface area contributed by atoms with Crippen molar-refractivity contribution in [2.75, 3.05) is 0 Å². The van der Waals surface area contributed by atoms with Crippen LogP contribution in [0.5, 0.6) is 5.75 Å². The number of primary amides is 1. The van der Waals surface area contributed by atoms with Gasteiger partial charge in [-0.3, -0.25) is 10.1 Å². The standard InChI is InChI=1S/C16H20ClN5O3S/c1-9(2)13(14(23)19-15(18)24)26-16-21-20-12(22(16)3)8-25-11-7-5-4-6-10(11)17/h4-7,9,13H,8H2,1-3H3,(H3,18,19,23,24). The van der Waals surface area contributed by atoms with E-state index in [-0.39, 0.29) is 12.5 Å². The minimum Gasteiger partial charge on any atom is -0.484 e. The molecule has 1 aromatic heterocycles. The van der Waals surface area contributed by atoms with Crippen LogP contribution in [0, 0.1) is 5.92 Å². The van der Waals surface area contributed by atoms with Gasteiger partial charge >= 0.3 is 6.03 Å². The second kappa shape index (κ2) is 8.91. The molecule has 26 heavy (non-hydrogen) atoms.